The molecule has 0 bridgehead atoms. The van der Waals surface area contributed by atoms with E-state index < -0.39 is 53.1 Å². The molecule has 4 aliphatic rings. The molecular weight excluding hydrogens is 624 g/mol. The van der Waals surface area contributed by atoms with Gasteiger partial charge in [-0.1, -0.05) is 66.2 Å². The van der Waals surface area contributed by atoms with Gasteiger partial charge in [0.05, 0.1) is 6.04 Å². The minimum atomic E-state index is -0.978. The van der Waals surface area contributed by atoms with E-state index in [9.17, 15) is 28.8 Å². The molecule has 0 aromatic carbocycles. The molecule has 12 nitrogen and oxygen atoms in total. The van der Waals surface area contributed by atoms with Crippen LogP contribution in [0.3, 0.4) is 0 Å². The van der Waals surface area contributed by atoms with Crippen LogP contribution in [0.25, 0.3) is 0 Å². The van der Waals surface area contributed by atoms with Crippen molar-refractivity contribution in [2.45, 2.75) is 154 Å². The van der Waals surface area contributed by atoms with E-state index >= 15 is 0 Å². The van der Waals surface area contributed by atoms with Crippen LogP contribution in [0.15, 0.2) is 18.3 Å². The lowest BCUT2D eigenvalue weighted by atomic mass is 9.81. The molecule has 6 atom stereocenters. The molecule has 4 fully saturated rings. The second kappa shape index (κ2) is 15.9. The number of ketones is 1. The zero-order valence-electron chi connectivity index (χ0n) is 29.6. The number of carbonyl (C=O) groups is 6. The van der Waals surface area contributed by atoms with E-state index in [-0.39, 0.29) is 35.7 Å². The van der Waals surface area contributed by atoms with Gasteiger partial charge < -0.3 is 31.2 Å². The van der Waals surface area contributed by atoms with Crippen LogP contribution in [-0.4, -0.2) is 81.5 Å². The number of fused-ring (bicyclic) bond motifs is 1. The van der Waals surface area contributed by atoms with E-state index in [4.69, 9.17) is 0 Å². The molecule has 3 unspecified atom stereocenters. The van der Waals surface area contributed by atoms with E-state index in [1.165, 1.54) is 0 Å². The first-order valence-corrected chi connectivity index (χ1v) is 18.6. The van der Waals surface area contributed by atoms with Gasteiger partial charge in [-0.2, -0.15) is 0 Å². The van der Waals surface area contributed by atoms with E-state index in [0.29, 0.717) is 25.0 Å². The van der Waals surface area contributed by atoms with Crippen molar-refractivity contribution >= 4 is 35.3 Å². The van der Waals surface area contributed by atoms with Crippen LogP contribution in [0.2, 0.25) is 0 Å². The van der Waals surface area contributed by atoms with Gasteiger partial charge in [0.25, 0.3) is 11.8 Å². The number of aromatic amines is 1. The molecule has 5 amide bonds. The lowest BCUT2D eigenvalue weighted by Crippen LogP contribution is -2.63. The number of H-pyrrole nitrogens is 1. The average molecular weight is 681 g/mol. The molecule has 3 aliphatic carbocycles. The van der Waals surface area contributed by atoms with Crippen molar-refractivity contribution in [3.05, 3.63) is 24.0 Å². The number of likely N-dealkylation sites (tertiary alicyclic amines) is 1. The van der Waals surface area contributed by atoms with Crippen LogP contribution in [0, 0.1) is 17.3 Å². The van der Waals surface area contributed by atoms with E-state index in [2.05, 4.69) is 26.3 Å². The summed E-state index contributed by atoms with van der Waals surface area (Å²) in [7, 11) is 0. The van der Waals surface area contributed by atoms with Crippen molar-refractivity contribution in [1.82, 2.24) is 31.2 Å². The predicted octanol–water partition coefficient (Wildman–Crippen LogP) is 3.52. The number of hydrogen-bond donors (Lipinski definition) is 5. The fraction of sp³-hybridized carbons (Fsp3) is 0.730. The Balaban J connectivity index is 1.37. The summed E-state index contributed by atoms with van der Waals surface area (Å²) in [4.78, 5) is 86.6. The van der Waals surface area contributed by atoms with Gasteiger partial charge in [-0.05, 0) is 80.8 Å². The standard InChI is InChI=1S/C37H56N6O6/c1-5-12-25(30(44)35(48)39-24-18-19-24)40-33(46)28-21-23-15-9-10-17-27(23)43(28)36(49)31(37(2,3)4)42-34(47)29(22-13-7-6-8-14-22)41-32(45)26-16-11-20-38-26/h11,16,20,22-25,27-29,31,38H,5-10,12-15,17-19,21H2,1-4H3,(H,39,48)(H,40,46)(H,41,45)(H,42,47)/t23?,25-,27?,28-,29?,31+/m0/s1. The molecule has 0 radical (unpaired) electrons. The zero-order valence-corrected chi connectivity index (χ0v) is 29.6. The number of rotatable bonds is 13. The summed E-state index contributed by atoms with van der Waals surface area (Å²) in [6.45, 7) is 7.56. The van der Waals surface area contributed by atoms with E-state index in [1.54, 1.807) is 23.2 Å². The van der Waals surface area contributed by atoms with Gasteiger partial charge in [0.1, 0.15) is 23.8 Å². The van der Waals surface area contributed by atoms with Crippen LogP contribution in [0.1, 0.15) is 128 Å². The Labute approximate surface area is 290 Å². The van der Waals surface area contributed by atoms with Crippen LogP contribution in [-0.2, 0) is 24.0 Å². The van der Waals surface area contributed by atoms with Crippen molar-refractivity contribution in [2.24, 2.45) is 17.3 Å². The maximum atomic E-state index is 14.8. The maximum Gasteiger partial charge on any atom is 0.289 e. The molecule has 3 saturated carbocycles. The summed E-state index contributed by atoms with van der Waals surface area (Å²) in [6.07, 6.45) is 12.9. The van der Waals surface area contributed by atoms with Gasteiger partial charge in [0.2, 0.25) is 23.5 Å². The highest BCUT2D eigenvalue weighted by Gasteiger charge is 2.51. The first-order chi connectivity index (χ1) is 23.4. The molecule has 2 heterocycles. The van der Waals surface area contributed by atoms with Crippen LogP contribution in [0.4, 0.5) is 0 Å². The summed E-state index contributed by atoms with van der Waals surface area (Å²) in [5.41, 5.74) is -0.362. The van der Waals surface area contributed by atoms with Crippen molar-refractivity contribution in [3.8, 4) is 0 Å². The number of hydrogen-bond acceptors (Lipinski definition) is 6. The Bertz CT molecular complexity index is 1360. The molecule has 12 heteroatoms. The molecule has 270 valence electrons. The predicted molar refractivity (Wildman–Crippen MR) is 184 cm³/mol. The SMILES string of the molecule is CCC[C@H](NC(=O)[C@@H]1CC2CCCCC2N1C(=O)[C@@H](NC(=O)C(NC(=O)c1ccc[nH]1)C1CCCCC1)C(C)(C)C)C(=O)C(=O)NC1CC1. The van der Waals surface area contributed by atoms with E-state index in [1.807, 2.05) is 27.7 Å². The van der Waals surface area contributed by atoms with E-state index in [0.717, 1.165) is 70.6 Å². The van der Waals surface area contributed by atoms with Crippen molar-refractivity contribution < 1.29 is 28.8 Å². The number of aromatic nitrogens is 1. The number of amides is 5. The Morgan fingerprint density at radius 3 is 2.22 bits per heavy atom. The minimum absolute atomic E-state index is 0.0181. The van der Waals surface area contributed by atoms with Crippen LogP contribution >= 0.6 is 0 Å². The largest absolute Gasteiger partial charge is 0.357 e. The second-order valence-electron chi connectivity index (χ2n) is 15.8. The molecule has 5 rings (SSSR count). The Morgan fingerprint density at radius 2 is 1.59 bits per heavy atom. The fourth-order valence-corrected chi connectivity index (χ4v) is 8.06. The first-order valence-electron chi connectivity index (χ1n) is 18.6. The molecule has 1 aromatic heterocycles. The van der Waals surface area contributed by atoms with Crippen molar-refractivity contribution in [1.29, 1.82) is 0 Å². The van der Waals surface area contributed by atoms with Gasteiger partial charge in [0, 0.05) is 18.3 Å². The highest BCUT2D eigenvalue weighted by Crippen LogP contribution is 2.41. The summed E-state index contributed by atoms with van der Waals surface area (Å²) in [6, 6.07) is -0.370. The van der Waals surface area contributed by atoms with Gasteiger partial charge in [0.15, 0.2) is 0 Å². The summed E-state index contributed by atoms with van der Waals surface area (Å²) >= 11 is 0. The topological polar surface area (TPSA) is 170 Å². The smallest absolute Gasteiger partial charge is 0.289 e. The van der Waals surface area contributed by atoms with Gasteiger partial charge >= 0.3 is 0 Å². The zero-order chi connectivity index (χ0) is 35.3. The molecule has 0 spiro atoms. The van der Waals surface area contributed by atoms with Gasteiger partial charge in [-0.25, -0.2) is 0 Å². The average Bonchev–Trinajstić information content (AvgIpc) is 3.55. The fourth-order valence-electron chi connectivity index (χ4n) is 8.06. The number of Topliss-reactive ketones (excluding diaryl/α,β-unsaturated/α-hetero) is 1. The van der Waals surface area contributed by atoms with Gasteiger partial charge in [-0.15, -0.1) is 0 Å². The third-order valence-electron chi connectivity index (χ3n) is 10.9. The van der Waals surface area contributed by atoms with Crippen LogP contribution in [0.5, 0.6) is 0 Å². The molecule has 49 heavy (non-hydrogen) atoms. The second-order valence-corrected chi connectivity index (χ2v) is 15.8. The summed E-state index contributed by atoms with van der Waals surface area (Å²) in [5, 5.41) is 11.6. The third-order valence-corrected chi connectivity index (χ3v) is 10.9. The maximum absolute atomic E-state index is 14.8. The molecule has 1 aliphatic heterocycles. The van der Waals surface area contributed by atoms with Crippen LogP contribution < -0.4 is 21.3 Å². The quantitative estimate of drug-likeness (QED) is 0.200. The normalized spacial score (nSPS) is 24.6. The summed E-state index contributed by atoms with van der Waals surface area (Å²) in [5.74, 6) is -2.84. The lowest BCUT2D eigenvalue weighted by molar-refractivity contribution is -0.147. The number of nitrogens with one attached hydrogen (secondary N) is 5. The highest BCUT2D eigenvalue weighted by molar-refractivity contribution is 6.38. The molecule has 1 saturated heterocycles. The first kappa shape index (κ1) is 36.6. The molecular formula is C37H56N6O6. The Kier molecular flexibility index (Phi) is 11.9. The lowest BCUT2D eigenvalue weighted by Gasteiger charge is -2.40. The van der Waals surface area contributed by atoms with Crippen molar-refractivity contribution in [2.75, 3.05) is 0 Å². The Morgan fingerprint density at radius 1 is 0.898 bits per heavy atom. The third kappa shape index (κ3) is 8.91. The number of nitrogens with zero attached hydrogens (tertiary/aromatic N) is 1. The van der Waals surface area contributed by atoms with Crippen molar-refractivity contribution in [3.63, 3.8) is 0 Å². The minimum Gasteiger partial charge on any atom is -0.357 e. The summed E-state index contributed by atoms with van der Waals surface area (Å²) < 4.78 is 0. The Hall–Kier alpha value is -3.70. The highest BCUT2D eigenvalue weighted by atomic mass is 16.2. The number of carbonyl (C=O) groups excluding carboxylic acids is 6. The molecule has 1 aromatic rings. The monoisotopic (exact) mass is 680 g/mol. The molecule has 5 N–H and O–H groups in total. The van der Waals surface area contributed by atoms with Gasteiger partial charge in [-0.3, -0.25) is 28.8 Å².